The van der Waals surface area contributed by atoms with Crippen LogP contribution in [-0.2, 0) is 4.74 Å². The van der Waals surface area contributed by atoms with E-state index in [1.165, 1.54) is 46.9 Å². The fourth-order valence-electron chi connectivity index (χ4n) is 2.38. The Morgan fingerprint density at radius 1 is 1.19 bits per heavy atom. The molecule has 0 saturated carbocycles. The molecule has 0 fully saturated rings. The van der Waals surface area contributed by atoms with Gasteiger partial charge in [-0.1, -0.05) is 6.07 Å². The van der Waals surface area contributed by atoms with E-state index in [1.54, 1.807) is 12.3 Å². The van der Waals surface area contributed by atoms with Gasteiger partial charge < -0.3 is 10.1 Å². The van der Waals surface area contributed by atoms with Gasteiger partial charge in [0.25, 0.3) is 11.6 Å². The number of nitro benzene ring substituents is 1. The first-order chi connectivity index (χ1) is 13.0. The van der Waals surface area contributed by atoms with E-state index >= 15 is 0 Å². The van der Waals surface area contributed by atoms with Crippen molar-refractivity contribution in [1.82, 2.24) is 0 Å². The number of carbonyl (C=O) groups excluding carboxylic acids is 2. The van der Waals surface area contributed by atoms with Crippen molar-refractivity contribution in [3.63, 3.8) is 0 Å². The van der Waals surface area contributed by atoms with Crippen LogP contribution >= 0.6 is 22.7 Å². The van der Waals surface area contributed by atoms with E-state index in [1.807, 2.05) is 17.5 Å². The number of anilines is 1. The Morgan fingerprint density at radius 2 is 1.93 bits per heavy atom. The number of hydrogen-bond donors (Lipinski definition) is 1. The summed E-state index contributed by atoms with van der Waals surface area (Å²) < 4.78 is 5.14. The molecule has 9 heteroatoms. The average Bonchev–Trinajstić information content (AvgIpc) is 3.31. The number of nitro groups is 1. The van der Waals surface area contributed by atoms with Gasteiger partial charge >= 0.3 is 5.97 Å². The van der Waals surface area contributed by atoms with E-state index in [9.17, 15) is 19.7 Å². The molecule has 0 aliphatic carbocycles. The maximum Gasteiger partial charge on any atom is 0.341 e. The predicted molar refractivity (Wildman–Crippen MR) is 105 cm³/mol. The average molecular weight is 402 g/mol. The number of hydrogen-bond acceptors (Lipinski definition) is 7. The SMILES string of the molecule is CCOC(=O)c1c(-c2cccs2)csc1NC(=O)c1ccc([N+](=O)[O-])cc1. The van der Waals surface area contributed by atoms with Crippen molar-refractivity contribution >= 4 is 45.2 Å². The minimum atomic E-state index is -0.535. The largest absolute Gasteiger partial charge is 0.462 e. The molecule has 2 aromatic heterocycles. The number of carbonyl (C=O) groups is 2. The molecule has 0 aliphatic rings. The highest BCUT2D eigenvalue weighted by Gasteiger charge is 2.23. The van der Waals surface area contributed by atoms with Crippen molar-refractivity contribution in [3.05, 3.63) is 68.4 Å². The quantitative estimate of drug-likeness (QED) is 0.362. The number of nitrogens with zero attached hydrogens (tertiary/aromatic N) is 1. The predicted octanol–water partition coefficient (Wildman–Crippen LogP) is 4.81. The fraction of sp³-hybridized carbons (Fsp3) is 0.111. The number of ether oxygens (including phenoxy) is 1. The zero-order valence-corrected chi connectivity index (χ0v) is 15.8. The Labute approximate surface area is 162 Å². The van der Waals surface area contributed by atoms with Crippen LogP contribution in [0.4, 0.5) is 10.7 Å². The Hall–Kier alpha value is -3.04. The molecule has 0 atom stereocenters. The van der Waals surface area contributed by atoms with Crippen LogP contribution in [-0.4, -0.2) is 23.4 Å². The highest BCUT2D eigenvalue weighted by Crippen LogP contribution is 2.38. The lowest BCUT2D eigenvalue weighted by Crippen LogP contribution is -2.14. The molecule has 3 aromatic rings. The summed E-state index contributed by atoms with van der Waals surface area (Å²) in [6, 6.07) is 9.01. The van der Waals surface area contributed by atoms with Crippen LogP contribution in [0.3, 0.4) is 0 Å². The molecule has 0 saturated heterocycles. The first-order valence-corrected chi connectivity index (χ1v) is 9.65. The van der Waals surface area contributed by atoms with Gasteiger partial charge in [-0.3, -0.25) is 14.9 Å². The normalized spacial score (nSPS) is 10.4. The molecule has 0 aliphatic heterocycles. The van der Waals surface area contributed by atoms with Gasteiger partial charge in [0.05, 0.1) is 11.5 Å². The van der Waals surface area contributed by atoms with Crippen LogP contribution in [0, 0.1) is 10.1 Å². The Bertz CT molecular complexity index is 978. The summed E-state index contributed by atoms with van der Waals surface area (Å²) in [6.07, 6.45) is 0. The zero-order valence-electron chi connectivity index (χ0n) is 14.1. The number of non-ortho nitro benzene ring substituents is 1. The van der Waals surface area contributed by atoms with Crippen LogP contribution in [0.25, 0.3) is 10.4 Å². The van der Waals surface area contributed by atoms with Gasteiger partial charge in [-0.15, -0.1) is 22.7 Å². The van der Waals surface area contributed by atoms with Gasteiger partial charge in [0.15, 0.2) is 0 Å². The molecular weight excluding hydrogens is 388 g/mol. The number of esters is 1. The monoisotopic (exact) mass is 402 g/mol. The summed E-state index contributed by atoms with van der Waals surface area (Å²) in [7, 11) is 0. The molecule has 1 amide bonds. The molecule has 0 bridgehead atoms. The standard InChI is InChI=1S/C18H14N2O5S2/c1-2-25-18(22)15-13(14-4-3-9-26-14)10-27-17(15)19-16(21)11-5-7-12(8-6-11)20(23)24/h3-10H,2H2,1H3,(H,19,21). The molecule has 1 N–H and O–H groups in total. The third kappa shape index (κ3) is 4.04. The summed E-state index contributed by atoms with van der Waals surface area (Å²) in [5.74, 6) is -0.976. The van der Waals surface area contributed by atoms with Crippen molar-refractivity contribution in [3.8, 4) is 10.4 Å². The van der Waals surface area contributed by atoms with Gasteiger partial charge in [0.2, 0.25) is 0 Å². The number of benzene rings is 1. The van der Waals surface area contributed by atoms with E-state index in [-0.39, 0.29) is 17.9 Å². The summed E-state index contributed by atoms with van der Waals surface area (Å²) in [4.78, 5) is 36.0. The maximum atomic E-state index is 12.5. The van der Waals surface area contributed by atoms with Crippen LogP contribution in [0.15, 0.2) is 47.2 Å². The van der Waals surface area contributed by atoms with Crippen molar-refractivity contribution < 1.29 is 19.2 Å². The number of rotatable bonds is 6. The van der Waals surface area contributed by atoms with Crippen LogP contribution in [0.1, 0.15) is 27.6 Å². The highest BCUT2D eigenvalue weighted by molar-refractivity contribution is 7.17. The maximum absolute atomic E-state index is 12.5. The lowest BCUT2D eigenvalue weighted by molar-refractivity contribution is -0.384. The van der Waals surface area contributed by atoms with E-state index in [0.717, 1.165) is 4.88 Å². The van der Waals surface area contributed by atoms with Crippen LogP contribution in [0.5, 0.6) is 0 Å². The molecule has 0 radical (unpaired) electrons. The summed E-state index contributed by atoms with van der Waals surface area (Å²) in [6.45, 7) is 1.93. The summed E-state index contributed by atoms with van der Waals surface area (Å²) in [5, 5.41) is 17.5. The van der Waals surface area contributed by atoms with Crippen molar-refractivity contribution in [2.75, 3.05) is 11.9 Å². The van der Waals surface area contributed by atoms with Gasteiger partial charge in [-0.2, -0.15) is 0 Å². The number of nitrogens with one attached hydrogen (secondary N) is 1. The molecule has 7 nitrogen and oxygen atoms in total. The van der Waals surface area contributed by atoms with E-state index < -0.39 is 16.8 Å². The first kappa shape index (κ1) is 18.7. The van der Waals surface area contributed by atoms with Crippen LogP contribution < -0.4 is 5.32 Å². The van der Waals surface area contributed by atoms with Crippen molar-refractivity contribution in [2.45, 2.75) is 6.92 Å². The molecule has 1 aromatic carbocycles. The molecule has 0 spiro atoms. The molecule has 0 unspecified atom stereocenters. The molecule has 138 valence electrons. The first-order valence-electron chi connectivity index (χ1n) is 7.89. The van der Waals surface area contributed by atoms with Gasteiger partial charge in [-0.25, -0.2) is 4.79 Å². The minimum Gasteiger partial charge on any atom is -0.462 e. The third-order valence-electron chi connectivity index (χ3n) is 3.62. The zero-order chi connectivity index (χ0) is 19.4. The lowest BCUT2D eigenvalue weighted by atomic mass is 10.1. The molecular formula is C18H14N2O5S2. The van der Waals surface area contributed by atoms with E-state index in [2.05, 4.69) is 5.32 Å². The van der Waals surface area contributed by atoms with Gasteiger partial charge in [-0.05, 0) is 30.5 Å². The molecule has 2 heterocycles. The van der Waals surface area contributed by atoms with Crippen molar-refractivity contribution in [2.24, 2.45) is 0 Å². The van der Waals surface area contributed by atoms with Gasteiger partial charge in [0, 0.05) is 33.5 Å². The number of thiophene rings is 2. The van der Waals surface area contributed by atoms with E-state index in [0.29, 0.717) is 16.1 Å². The topological polar surface area (TPSA) is 98.5 Å². The van der Waals surface area contributed by atoms with E-state index in [4.69, 9.17) is 4.74 Å². The fourth-order valence-corrected chi connectivity index (χ4v) is 4.15. The molecule has 27 heavy (non-hydrogen) atoms. The Morgan fingerprint density at radius 3 is 2.52 bits per heavy atom. The Kier molecular flexibility index (Phi) is 5.63. The number of amides is 1. The second kappa shape index (κ2) is 8.11. The third-order valence-corrected chi connectivity index (χ3v) is 5.42. The molecule has 3 rings (SSSR count). The lowest BCUT2D eigenvalue weighted by Gasteiger charge is -2.08. The van der Waals surface area contributed by atoms with Crippen molar-refractivity contribution in [1.29, 1.82) is 0 Å². The second-order valence-electron chi connectivity index (χ2n) is 5.31. The highest BCUT2D eigenvalue weighted by atomic mass is 32.1. The summed E-state index contributed by atoms with van der Waals surface area (Å²) >= 11 is 2.71. The smallest absolute Gasteiger partial charge is 0.341 e. The van der Waals surface area contributed by atoms with Gasteiger partial charge in [0.1, 0.15) is 10.6 Å². The summed E-state index contributed by atoms with van der Waals surface area (Å²) in [5.41, 5.74) is 1.16. The second-order valence-corrected chi connectivity index (χ2v) is 7.14. The minimum absolute atomic E-state index is 0.102. The van der Waals surface area contributed by atoms with Crippen LogP contribution in [0.2, 0.25) is 0 Å². The Balaban J connectivity index is 1.91.